The zero-order chi connectivity index (χ0) is 13.9. The van der Waals surface area contributed by atoms with Gasteiger partial charge in [0.05, 0.1) is 4.90 Å². The average Bonchev–Trinajstić information content (AvgIpc) is 2.35. The van der Waals surface area contributed by atoms with Crippen molar-refractivity contribution in [2.75, 3.05) is 20.1 Å². The molecule has 104 valence electrons. The number of carbonyl (C=O) groups is 1. The van der Waals surface area contributed by atoms with Crippen molar-refractivity contribution in [1.29, 1.82) is 0 Å². The maximum Gasteiger partial charge on any atom is 0.317 e. The van der Waals surface area contributed by atoms with Crippen molar-refractivity contribution in [1.82, 2.24) is 14.9 Å². The van der Waals surface area contributed by atoms with Gasteiger partial charge in [-0.3, -0.25) is 0 Å². The lowest BCUT2D eigenvalue weighted by Gasteiger charge is -2.30. The Kier molecular flexibility index (Phi) is 4.06. The highest BCUT2D eigenvalue weighted by Gasteiger charge is 2.19. The van der Waals surface area contributed by atoms with Crippen LogP contribution in [-0.2, 0) is 16.6 Å². The third-order valence-electron chi connectivity index (χ3n) is 3.09. The highest BCUT2D eigenvalue weighted by molar-refractivity contribution is 7.89. The zero-order valence-corrected chi connectivity index (χ0v) is 11.5. The van der Waals surface area contributed by atoms with Crippen molar-refractivity contribution in [3.63, 3.8) is 0 Å². The summed E-state index contributed by atoms with van der Waals surface area (Å²) >= 11 is 0. The minimum absolute atomic E-state index is 0.0711. The molecule has 6 nitrogen and oxygen atoms in total. The van der Waals surface area contributed by atoms with Crippen LogP contribution in [0.2, 0.25) is 0 Å². The lowest BCUT2D eigenvalue weighted by Crippen LogP contribution is -2.47. The van der Waals surface area contributed by atoms with E-state index < -0.39 is 10.0 Å². The molecule has 7 heteroatoms. The van der Waals surface area contributed by atoms with Crippen LogP contribution in [0.4, 0.5) is 4.79 Å². The van der Waals surface area contributed by atoms with Crippen LogP contribution in [0, 0.1) is 0 Å². The highest BCUT2D eigenvalue weighted by atomic mass is 32.2. The van der Waals surface area contributed by atoms with Crippen LogP contribution in [0.1, 0.15) is 12.0 Å². The molecule has 0 spiro atoms. The number of sulfonamides is 1. The van der Waals surface area contributed by atoms with E-state index >= 15 is 0 Å². The Bertz CT molecular complexity index is 550. The molecule has 2 amide bonds. The number of benzene rings is 1. The van der Waals surface area contributed by atoms with E-state index in [0.29, 0.717) is 6.54 Å². The topological polar surface area (TPSA) is 78.5 Å². The molecule has 0 bridgehead atoms. The molecule has 0 radical (unpaired) electrons. The van der Waals surface area contributed by atoms with Crippen LogP contribution in [0.15, 0.2) is 29.2 Å². The van der Waals surface area contributed by atoms with Crippen molar-refractivity contribution < 1.29 is 13.2 Å². The Hall–Kier alpha value is -1.60. The van der Waals surface area contributed by atoms with E-state index in [2.05, 4.69) is 10.0 Å². The Morgan fingerprint density at radius 2 is 1.89 bits per heavy atom. The van der Waals surface area contributed by atoms with Gasteiger partial charge in [-0.25, -0.2) is 17.9 Å². The molecule has 2 N–H and O–H groups in total. The number of carbonyl (C=O) groups excluding carboxylic acids is 1. The van der Waals surface area contributed by atoms with E-state index in [9.17, 15) is 13.2 Å². The Morgan fingerprint density at radius 3 is 2.37 bits per heavy atom. The third kappa shape index (κ3) is 3.24. The van der Waals surface area contributed by atoms with Crippen LogP contribution in [0.25, 0.3) is 0 Å². The van der Waals surface area contributed by atoms with Crippen molar-refractivity contribution >= 4 is 16.1 Å². The van der Waals surface area contributed by atoms with E-state index in [0.717, 1.165) is 25.1 Å². The van der Waals surface area contributed by atoms with E-state index in [1.807, 2.05) is 0 Å². The number of urea groups is 1. The molecule has 1 aromatic carbocycles. The van der Waals surface area contributed by atoms with Crippen LogP contribution < -0.4 is 10.0 Å². The second-order valence-corrected chi connectivity index (χ2v) is 6.24. The molecule has 1 fully saturated rings. The third-order valence-corrected chi connectivity index (χ3v) is 4.52. The first kappa shape index (κ1) is 13.8. The molecule has 0 aromatic heterocycles. The summed E-state index contributed by atoms with van der Waals surface area (Å²) in [6.07, 6.45) is 1.06. The number of hydrogen-bond donors (Lipinski definition) is 2. The second kappa shape index (κ2) is 5.58. The van der Waals surface area contributed by atoms with Gasteiger partial charge < -0.3 is 10.2 Å². The predicted octanol–water partition coefficient (Wildman–Crippen LogP) is 0.510. The molecule has 2 rings (SSSR count). The summed E-state index contributed by atoms with van der Waals surface area (Å²) in [5, 5.41) is 2.79. The smallest absolute Gasteiger partial charge is 0.317 e. The van der Waals surface area contributed by atoms with Crippen LogP contribution >= 0.6 is 0 Å². The molecular weight excluding hydrogens is 266 g/mol. The number of amides is 2. The summed E-state index contributed by atoms with van der Waals surface area (Å²) in [4.78, 5) is 13.5. The summed E-state index contributed by atoms with van der Waals surface area (Å²) in [5.74, 6) is 0. The van der Waals surface area contributed by atoms with E-state index in [1.54, 1.807) is 17.0 Å². The summed E-state index contributed by atoms with van der Waals surface area (Å²) in [7, 11) is -2.03. The fourth-order valence-electron chi connectivity index (χ4n) is 1.71. The number of rotatable bonds is 4. The van der Waals surface area contributed by atoms with Gasteiger partial charge in [-0.2, -0.15) is 0 Å². The molecule has 0 unspecified atom stereocenters. The second-order valence-electron chi connectivity index (χ2n) is 4.35. The van der Waals surface area contributed by atoms with Gasteiger partial charge in [0.15, 0.2) is 0 Å². The lowest BCUT2D eigenvalue weighted by atomic mass is 10.2. The first-order valence-corrected chi connectivity index (χ1v) is 7.56. The molecule has 1 aromatic rings. The van der Waals surface area contributed by atoms with E-state index in [4.69, 9.17) is 0 Å². The van der Waals surface area contributed by atoms with Crippen LogP contribution in [0.3, 0.4) is 0 Å². The number of nitrogens with zero attached hydrogens (tertiary/aromatic N) is 1. The van der Waals surface area contributed by atoms with Gasteiger partial charge in [-0.15, -0.1) is 0 Å². The Morgan fingerprint density at radius 1 is 1.26 bits per heavy atom. The fraction of sp³-hybridized carbons (Fsp3) is 0.417. The summed E-state index contributed by atoms with van der Waals surface area (Å²) in [5.41, 5.74) is 0.865. The van der Waals surface area contributed by atoms with Gasteiger partial charge >= 0.3 is 6.03 Å². The summed E-state index contributed by atoms with van der Waals surface area (Å²) < 4.78 is 25.3. The quantitative estimate of drug-likeness (QED) is 0.845. The minimum Gasteiger partial charge on any atom is -0.334 e. The van der Waals surface area contributed by atoms with Crippen LogP contribution in [-0.4, -0.2) is 39.5 Å². The molecule has 0 aliphatic carbocycles. The lowest BCUT2D eigenvalue weighted by molar-refractivity contribution is 0.167. The van der Waals surface area contributed by atoms with Gasteiger partial charge in [0.2, 0.25) is 10.0 Å². The van der Waals surface area contributed by atoms with Crippen LogP contribution in [0.5, 0.6) is 0 Å². The van der Waals surface area contributed by atoms with Crippen molar-refractivity contribution in [3.8, 4) is 0 Å². The maximum absolute atomic E-state index is 11.6. The number of nitrogens with one attached hydrogen (secondary N) is 2. The number of hydrogen-bond acceptors (Lipinski definition) is 3. The zero-order valence-electron chi connectivity index (χ0n) is 10.7. The van der Waals surface area contributed by atoms with E-state index in [1.165, 1.54) is 19.2 Å². The van der Waals surface area contributed by atoms with Gasteiger partial charge in [0.1, 0.15) is 0 Å². The molecular formula is C12H17N3O3S. The first-order valence-electron chi connectivity index (χ1n) is 6.08. The maximum atomic E-state index is 11.6. The summed E-state index contributed by atoms with van der Waals surface area (Å²) in [6.45, 7) is 2.02. The summed E-state index contributed by atoms with van der Waals surface area (Å²) in [6, 6.07) is 6.37. The number of likely N-dealkylation sites (tertiary alicyclic amines) is 1. The SMILES string of the molecule is CNS(=O)(=O)c1ccc(CNC(=O)N2CCC2)cc1. The predicted molar refractivity (Wildman–Crippen MR) is 71.1 cm³/mol. The normalized spacial score (nSPS) is 14.9. The van der Waals surface area contributed by atoms with Gasteiger partial charge in [-0.1, -0.05) is 12.1 Å². The Labute approximate surface area is 112 Å². The van der Waals surface area contributed by atoms with E-state index in [-0.39, 0.29) is 10.9 Å². The molecule has 1 heterocycles. The highest BCUT2D eigenvalue weighted by Crippen LogP contribution is 2.10. The van der Waals surface area contributed by atoms with Gasteiger partial charge in [0.25, 0.3) is 0 Å². The Balaban J connectivity index is 1.93. The molecule has 0 saturated carbocycles. The average molecular weight is 283 g/mol. The first-order chi connectivity index (χ1) is 9.03. The van der Waals surface area contributed by atoms with Crippen molar-refractivity contribution in [3.05, 3.63) is 29.8 Å². The molecule has 1 aliphatic rings. The van der Waals surface area contributed by atoms with Crippen molar-refractivity contribution in [2.24, 2.45) is 0 Å². The van der Waals surface area contributed by atoms with Gasteiger partial charge in [-0.05, 0) is 31.2 Å². The molecule has 0 atom stereocenters. The molecule has 1 saturated heterocycles. The monoisotopic (exact) mass is 283 g/mol. The van der Waals surface area contributed by atoms with Gasteiger partial charge in [0, 0.05) is 19.6 Å². The largest absolute Gasteiger partial charge is 0.334 e. The van der Waals surface area contributed by atoms with Crippen molar-refractivity contribution in [2.45, 2.75) is 17.9 Å². The standard InChI is InChI=1S/C12H17N3O3S/c1-13-19(17,18)11-5-3-10(4-6-11)9-14-12(16)15-7-2-8-15/h3-6,13H,2,7-9H2,1H3,(H,14,16). The fourth-order valence-corrected chi connectivity index (χ4v) is 2.44. The minimum atomic E-state index is -3.40. The molecule has 1 aliphatic heterocycles. The molecule has 19 heavy (non-hydrogen) atoms.